The van der Waals surface area contributed by atoms with Gasteiger partial charge in [0.1, 0.15) is 23.6 Å². The number of aromatic nitrogens is 1. The Morgan fingerprint density at radius 3 is 2.76 bits per heavy atom. The summed E-state index contributed by atoms with van der Waals surface area (Å²) in [5.74, 6) is 6.78. The molecule has 0 bridgehead atoms. The van der Waals surface area contributed by atoms with Crippen LogP contribution in [0.3, 0.4) is 0 Å². The second kappa shape index (κ2) is 9.90. The van der Waals surface area contributed by atoms with E-state index in [9.17, 15) is 9.90 Å². The molecule has 4 N–H and O–H groups in total. The first kappa shape index (κ1) is 21.9. The number of hydrogen-bond acceptors (Lipinski definition) is 6. The van der Waals surface area contributed by atoms with Gasteiger partial charge in [-0.25, -0.2) is 4.98 Å². The van der Waals surface area contributed by atoms with Crippen molar-refractivity contribution in [3.8, 4) is 23.3 Å². The van der Waals surface area contributed by atoms with Gasteiger partial charge in [-0.1, -0.05) is 54.0 Å². The first-order valence-corrected chi connectivity index (χ1v) is 10.9. The Kier molecular flexibility index (Phi) is 6.58. The number of aromatic hydroxyl groups is 1. The molecule has 4 rings (SSSR count). The SMILES string of the molecule is C=CC(=O)Nc1ccc(OCc2cccc(CC#Cc3cc(O)c4nc(N)sc4c3)c2)cc1. The monoisotopic (exact) mass is 455 g/mol. The van der Waals surface area contributed by atoms with Gasteiger partial charge >= 0.3 is 0 Å². The summed E-state index contributed by atoms with van der Waals surface area (Å²) >= 11 is 1.32. The number of hydrogen-bond donors (Lipinski definition) is 3. The largest absolute Gasteiger partial charge is 0.506 e. The van der Waals surface area contributed by atoms with Gasteiger partial charge in [-0.05, 0) is 53.6 Å². The van der Waals surface area contributed by atoms with Crippen LogP contribution in [-0.2, 0) is 17.8 Å². The number of ether oxygens (including phenoxy) is 1. The number of phenolic OH excluding ortho intramolecular Hbond substituents is 1. The number of nitrogens with one attached hydrogen (secondary N) is 1. The number of carbonyl (C=O) groups excluding carboxylic acids is 1. The summed E-state index contributed by atoms with van der Waals surface area (Å²) in [5, 5.41) is 13.2. The fourth-order valence-electron chi connectivity index (χ4n) is 3.17. The number of nitrogens with two attached hydrogens (primary N) is 1. The predicted molar refractivity (Wildman–Crippen MR) is 132 cm³/mol. The Labute approximate surface area is 195 Å². The van der Waals surface area contributed by atoms with E-state index in [0.717, 1.165) is 21.4 Å². The van der Waals surface area contributed by atoms with E-state index in [1.807, 2.05) is 24.3 Å². The van der Waals surface area contributed by atoms with Crippen LogP contribution in [0.2, 0.25) is 0 Å². The number of carbonyl (C=O) groups is 1. The third-order valence-electron chi connectivity index (χ3n) is 4.72. The lowest BCUT2D eigenvalue weighted by Gasteiger charge is -2.08. The number of benzene rings is 3. The summed E-state index contributed by atoms with van der Waals surface area (Å²) in [7, 11) is 0. The van der Waals surface area contributed by atoms with Crippen LogP contribution < -0.4 is 15.8 Å². The highest BCUT2D eigenvalue weighted by molar-refractivity contribution is 7.22. The molecule has 7 heteroatoms. The summed E-state index contributed by atoms with van der Waals surface area (Å²) in [5.41, 5.74) is 9.72. The van der Waals surface area contributed by atoms with Gasteiger partial charge in [0.05, 0.1) is 4.70 Å². The van der Waals surface area contributed by atoms with Crippen molar-refractivity contribution in [1.29, 1.82) is 0 Å². The number of nitrogen functional groups attached to an aromatic ring is 1. The van der Waals surface area contributed by atoms with Gasteiger partial charge in [-0.3, -0.25) is 4.79 Å². The van der Waals surface area contributed by atoms with Crippen LogP contribution in [0.5, 0.6) is 11.5 Å². The summed E-state index contributed by atoms with van der Waals surface area (Å²) in [4.78, 5) is 15.5. The van der Waals surface area contributed by atoms with E-state index in [-0.39, 0.29) is 11.7 Å². The van der Waals surface area contributed by atoms with E-state index < -0.39 is 0 Å². The second-order valence-corrected chi connectivity index (χ2v) is 8.26. The predicted octanol–water partition coefficient (Wildman–Crippen LogP) is 4.88. The number of phenols is 1. The van der Waals surface area contributed by atoms with Crippen LogP contribution in [0.25, 0.3) is 10.2 Å². The van der Waals surface area contributed by atoms with Gasteiger partial charge in [0.2, 0.25) is 5.91 Å². The molecule has 0 saturated carbocycles. The molecule has 0 fully saturated rings. The maximum Gasteiger partial charge on any atom is 0.247 e. The van der Waals surface area contributed by atoms with E-state index >= 15 is 0 Å². The summed E-state index contributed by atoms with van der Waals surface area (Å²) in [6, 6.07) is 18.7. The Bertz CT molecular complexity index is 1380. The van der Waals surface area contributed by atoms with Crippen molar-refractivity contribution in [1.82, 2.24) is 4.98 Å². The van der Waals surface area contributed by atoms with Gasteiger partial charge in [0.25, 0.3) is 0 Å². The maximum atomic E-state index is 11.3. The Morgan fingerprint density at radius 2 is 1.97 bits per heavy atom. The van der Waals surface area contributed by atoms with Crippen LogP contribution in [-0.4, -0.2) is 16.0 Å². The number of amides is 1. The van der Waals surface area contributed by atoms with Crippen molar-refractivity contribution >= 4 is 38.3 Å². The molecule has 0 radical (unpaired) electrons. The van der Waals surface area contributed by atoms with Crippen molar-refractivity contribution in [2.24, 2.45) is 0 Å². The maximum absolute atomic E-state index is 11.3. The van der Waals surface area contributed by atoms with Crippen molar-refractivity contribution in [2.45, 2.75) is 13.0 Å². The molecule has 0 spiro atoms. The van der Waals surface area contributed by atoms with Crippen molar-refractivity contribution in [3.63, 3.8) is 0 Å². The van der Waals surface area contributed by atoms with Crippen LogP contribution in [0, 0.1) is 11.8 Å². The lowest BCUT2D eigenvalue weighted by molar-refractivity contribution is -0.111. The zero-order valence-corrected chi connectivity index (χ0v) is 18.5. The number of nitrogens with zero attached hydrogens (tertiary/aromatic N) is 1. The lowest BCUT2D eigenvalue weighted by atomic mass is 10.1. The zero-order chi connectivity index (χ0) is 23.2. The molecule has 0 aliphatic rings. The Hall–Kier alpha value is -4.28. The minimum atomic E-state index is -0.255. The highest BCUT2D eigenvalue weighted by atomic mass is 32.1. The van der Waals surface area contributed by atoms with E-state index in [4.69, 9.17) is 10.5 Å². The van der Waals surface area contributed by atoms with Crippen molar-refractivity contribution in [2.75, 3.05) is 11.1 Å². The van der Waals surface area contributed by atoms with Crippen LogP contribution in [0.15, 0.2) is 73.3 Å². The number of fused-ring (bicyclic) bond motifs is 1. The number of rotatable bonds is 6. The fraction of sp³-hybridized carbons (Fsp3) is 0.0769. The fourth-order valence-corrected chi connectivity index (χ4v) is 3.97. The molecular formula is C26H21N3O3S. The normalized spacial score (nSPS) is 10.3. The molecule has 0 unspecified atom stereocenters. The molecule has 1 heterocycles. The van der Waals surface area contributed by atoms with E-state index in [2.05, 4.69) is 34.8 Å². The smallest absolute Gasteiger partial charge is 0.247 e. The van der Waals surface area contributed by atoms with Gasteiger partial charge in [-0.2, -0.15) is 0 Å². The highest BCUT2D eigenvalue weighted by Crippen LogP contribution is 2.31. The Balaban J connectivity index is 1.37. The molecule has 4 aromatic rings. The second-order valence-electron chi connectivity index (χ2n) is 7.20. The van der Waals surface area contributed by atoms with Gasteiger partial charge < -0.3 is 20.9 Å². The van der Waals surface area contributed by atoms with Gasteiger partial charge in [-0.15, -0.1) is 0 Å². The molecule has 6 nitrogen and oxygen atoms in total. The minimum absolute atomic E-state index is 0.0833. The molecule has 1 aromatic heterocycles. The minimum Gasteiger partial charge on any atom is -0.506 e. The molecule has 164 valence electrons. The molecule has 1 amide bonds. The number of thiazole rings is 1. The van der Waals surface area contributed by atoms with Crippen molar-refractivity contribution in [3.05, 3.63) is 90.0 Å². The van der Waals surface area contributed by atoms with Crippen LogP contribution in [0.4, 0.5) is 10.8 Å². The quantitative estimate of drug-likeness (QED) is 0.284. The summed E-state index contributed by atoms with van der Waals surface area (Å²) in [6.07, 6.45) is 1.79. The summed E-state index contributed by atoms with van der Waals surface area (Å²) in [6.45, 7) is 3.85. The first-order chi connectivity index (χ1) is 16.0. The average molecular weight is 456 g/mol. The first-order valence-electron chi connectivity index (χ1n) is 10.1. The zero-order valence-electron chi connectivity index (χ0n) is 17.7. The van der Waals surface area contributed by atoms with E-state index in [1.165, 1.54) is 17.4 Å². The standard InChI is InChI=1S/C26H21N3O3S/c1-2-24(31)28-20-9-11-21(12-10-20)32-16-19-8-4-6-17(13-19)5-3-7-18-14-22(30)25-23(15-18)33-26(27)29-25/h2,4,6,8-15,30H,1,5,16H2,(H2,27,29)(H,28,31). The number of anilines is 2. The third-order valence-corrected chi connectivity index (χ3v) is 5.55. The topological polar surface area (TPSA) is 97.5 Å². The van der Waals surface area contributed by atoms with E-state index in [0.29, 0.717) is 35.1 Å². The van der Waals surface area contributed by atoms with Crippen LogP contribution >= 0.6 is 11.3 Å². The molecule has 0 aliphatic carbocycles. The highest BCUT2D eigenvalue weighted by Gasteiger charge is 2.07. The average Bonchev–Trinajstić information content (AvgIpc) is 3.19. The third kappa shape index (κ3) is 5.70. The molecule has 0 aliphatic heterocycles. The molecule has 0 saturated heterocycles. The Morgan fingerprint density at radius 1 is 1.18 bits per heavy atom. The molecule has 0 atom stereocenters. The van der Waals surface area contributed by atoms with Gasteiger partial charge in [0.15, 0.2) is 5.13 Å². The van der Waals surface area contributed by atoms with Crippen molar-refractivity contribution < 1.29 is 14.6 Å². The summed E-state index contributed by atoms with van der Waals surface area (Å²) < 4.78 is 6.66. The van der Waals surface area contributed by atoms with Crippen LogP contribution in [0.1, 0.15) is 16.7 Å². The molecule has 3 aromatic carbocycles. The van der Waals surface area contributed by atoms with E-state index in [1.54, 1.807) is 30.3 Å². The lowest BCUT2D eigenvalue weighted by Crippen LogP contribution is -2.06. The van der Waals surface area contributed by atoms with Gasteiger partial charge in [0, 0.05) is 17.7 Å². The molecule has 33 heavy (non-hydrogen) atoms. The molecular weight excluding hydrogens is 434 g/mol.